The molecular formula is C29H46N4O5S2. The highest BCUT2D eigenvalue weighted by molar-refractivity contribution is 7.98. The molecule has 0 radical (unpaired) electrons. The molecule has 2 bridgehead atoms. The number of hydrogen-bond acceptors (Lipinski definition) is 7. The predicted octanol–water partition coefficient (Wildman–Crippen LogP) is 2.60. The molecule has 0 saturated carbocycles. The van der Waals surface area contributed by atoms with E-state index in [-0.39, 0.29) is 30.1 Å². The van der Waals surface area contributed by atoms with Crippen molar-refractivity contribution in [2.75, 3.05) is 24.7 Å². The number of carbonyl (C=O) groups excluding carboxylic acids is 4. The summed E-state index contributed by atoms with van der Waals surface area (Å²) in [6.45, 7) is 9.01. The zero-order valence-corrected chi connectivity index (χ0v) is 26.0. The zero-order chi connectivity index (χ0) is 29.7. The number of benzene rings is 1. The zero-order valence-electron chi connectivity index (χ0n) is 24.4. The smallest absolute Gasteiger partial charge is 0.248 e. The van der Waals surface area contributed by atoms with Crippen LogP contribution in [0.2, 0.25) is 0 Å². The molecule has 1 aromatic rings. The van der Waals surface area contributed by atoms with E-state index in [0.29, 0.717) is 25.1 Å². The maximum atomic E-state index is 13.4. The van der Waals surface area contributed by atoms with Crippen molar-refractivity contribution in [1.29, 1.82) is 0 Å². The van der Waals surface area contributed by atoms with Crippen LogP contribution in [0.4, 0.5) is 0 Å². The number of rotatable bonds is 5. The van der Waals surface area contributed by atoms with Gasteiger partial charge in [-0.15, -0.1) is 0 Å². The number of fused-ring (bicyclic) bond motifs is 2. The molecule has 1 aliphatic rings. The summed E-state index contributed by atoms with van der Waals surface area (Å²) in [5.41, 5.74) is 0.759. The van der Waals surface area contributed by atoms with Crippen LogP contribution >= 0.6 is 23.5 Å². The van der Waals surface area contributed by atoms with Gasteiger partial charge in [-0.25, -0.2) is 0 Å². The van der Waals surface area contributed by atoms with E-state index in [1.165, 1.54) is 18.1 Å². The molecule has 2 rings (SSSR count). The minimum atomic E-state index is -1.60. The van der Waals surface area contributed by atoms with E-state index in [1.54, 1.807) is 23.5 Å². The summed E-state index contributed by atoms with van der Waals surface area (Å²) >= 11 is 3.35. The molecule has 40 heavy (non-hydrogen) atoms. The molecule has 224 valence electrons. The number of amides is 4. The van der Waals surface area contributed by atoms with Crippen molar-refractivity contribution in [1.82, 2.24) is 21.3 Å². The Morgan fingerprint density at radius 1 is 1.00 bits per heavy atom. The van der Waals surface area contributed by atoms with Gasteiger partial charge < -0.3 is 26.4 Å². The summed E-state index contributed by atoms with van der Waals surface area (Å²) in [6.07, 6.45) is 1.19. The molecule has 5 N–H and O–H groups in total. The third-order valence-corrected chi connectivity index (χ3v) is 8.96. The van der Waals surface area contributed by atoms with Gasteiger partial charge in [0.15, 0.2) is 0 Å². The predicted molar refractivity (Wildman–Crippen MR) is 163 cm³/mol. The van der Waals surface area contributed by atoms with Gasteiger partial charge in [-0.2, -0.15) is 23.5 Å². The summed E-state index contributed by atoms with van der Waals surface area (Å²) in [6, 6.07) is 6.62. The van der Waals surface area contributed by atoms with Crippen LogP contribution in [0.3, 0.4) is 0 Å². The quantitative estimate of drug-likeness (QED) is 0.354. The third-order valence-electron chi connectivity index (χ3n) is 6.90. The van der Waals surface area contributed by atoms with Crippen LogP contribution in [0.25, 0.3) is 0 Å². The Morgan fingerprint density at radius 2 is 1.65 bits per heavy atom. The van der Waals surface area contributed by atoms with Crippen molar-refractivity contribution in [3.63, 3.8) is 0 Å². The summed E-state index contributed by atoms with van der Waals surface area (Å²) in [4.78, 5) is 52.5. The average molecular weight is 595 g/mol. The minimum absolute atomic E-state index is 0.0640. The van der Waals surface area contributed by atoms with E-state index in [4.69, 9.17) is 0 Å². The van der Waals surface area contributed by atoms with Gasteiger partial charge in [0.1, 0.15) is 17.6 Å². The van der Waals surface area contributed by atoms with Crippen LogP contribution < -0.4 is 21.3 Å². The van der Waals surface area contributed by atoms with Crippen molar-refractivity contribution >= 4 is 47.2 Å². The summed E-state index contributed by atoms with van der Waals surface area (Å²) < 4.78 is 0. The lowest BCUT2D eigenvalue weighted by Gasteiger charge is -2.31. The van der Waals surface area contributed by atoms with Gasteiger partial charge in [0.25, 0.3) is 0 Å². The highest BCUT2D eigenvalue weighted by Gasteiger charge is 2.37. The Balaban J connectivity index is 2.28. The van der Waals surface area contributed by atoms with Crippen molar-refractivity contribution in [2.45, 2.75) is 83.0 Å². The highest BCUT2D eigenvalue weighted by atomic mass is 32.2. The van der Waals surface area contributed by atoms with Crippen LogP contribution in [-0.2, 0) is 30.7 Å². The van der Waals surface area contributed by atoms with Gasteiger partial charge in [-0.3, -0.25) is 19.2 Å². The molecule has 0 aromatic heterocycles. The van der Waals surface area contributed by atoms with E-state index in [1.807, 2.05) is 33.8 Å². The first-order valence-electron chi connectivity index (χ1n) is 14.0. The second kappa shape index (κ2) is 16.9. The molecular weight excluding hydrogens is 548 g/mol. The van der Waals surface area contributed by atoms with Gasteiger partial charge in [0.05, 0.1) is 6.61 Å². The van der Waals surface area contributed by atoms with Crippen molar-refractivity contribution in [3.05, 3.63) is 35.4 Å². The fourth-order valence-corrected chi connectivity index (χ4v) is 5.92. The molecule has 4 amide bonds. The molecule has 1 heterocycles. The van der Waals surface area contributed by atoms with Gasteiger partial charge in [0.2, 0.25) is 23.6 Å². The standard InChI is InChI=1S/C29H46N4O5S2/c1-6-20(4)25-27(37)30-11-13-40-17-22-9-7-8-21(15-22)16-39-12-10-24(35)33-29(5,18-34)28(38)31-23(14-19(2)3)26(36)32-25/h7-9,15,19-20,23,25,34H,6,10-14,16-18H2,1-5H3,(H,30,37)(H,31,38)(H,32,36)(H,33,35)/t20-,23-,25-,29-/m0/s1. The van der Waals surface area contributed by atoms with Crippen LogP contribution in [-0.4, -0.2) is 71.0 Å². The molecule has 0 fully saturated rings. The number of hydrogen-bond donors (Lipinski definition) is 5. The summed E-state index contributed by atoms with van der Waals surface area (Å²) in [7, 11) is 0. The molecule has 4 atom stereocenters. The Labute approximate surface area is 247 Å². The first-order chi connectivity index (χ1) is 19.0. The lowest BCUT2D eigenvalue weighted by molar-refractivity contribution is -0.138. The first-order valence-corrected chi connectivity index (χ1v) is 16.3. The van der Waals surface area contributed by atoms with Crippen molar-refractivity contribution in [2.24, 2.45) is 11.8 Å². The minimum Gasteiger partial charge on any atom is -0.393 e. The summed E-state index contributed by atoms with van der Waals surface area (Å²) in [5.74, 6) is 1.06. The molecule has 1 aliphatic heterocycles. The maximum absolute atomic E-state index is 13.4. The van der Waals surface area contributed by atoms with Gasteiger partial charge in [0, 0.05) is 36.0 Å². The number of nitrogens with one attached hydrogen (secondary N) is 4. The van der Waals surface area contributed by atoms with Gasteiger partial charge in [-0.1, -0.05) is 58.4 Å². The molecule has 11 heteroatoms. The van der Waals surface area contributed by atoms with E-state index in [0.717, 1.165) is 17.3 Å². The second-order valence-electron chi connectivity index (χ2n) is 11.0. The SMILES string of the molecule is CC[C@H](C)[C@@H]1NC(=O)[C@H](CC(C)C)NC(=O)[C@](C)(CO)NC(=O)CCSCc2cccc(c2)CSCCNC1=O. The van der Waals surface area contributed by atoms with E-state index < -0.39 is 36.0 Å². The fraction of sp³-hybridized carbons (Fsp3) is 0.655. The Kier molecular flexibility index (Phi) is 14.3. The Morgan fingerprint density at radius 3 is 2.25 bits per heavy atom. The van der Waals surface area contributed by atoms with Gasteiger partial charge >= 0.3 is 0 Å². The van der Waals surface area contributed by atoms with Gasteiger partial charge in [-0.05, 0) is 36.3 Å². The number of thioether (sulfide) groups is 2. The van der Waals surface area contributed by atoms with Crippen LogP contribution in [0.1, 0.15) is 65.0 Å². The molecule has 0 spiro atoms. The molecule has 0 unspecified atom stereocenters. The second-order valence-corrected chi connectivity index (χ2v) is 13.2. The van der Waals surface area contributed by atoms with Crippen molar-refractivity contribution in [3.8, 4) is 0 Å². The fourth-order valence-electron chi connectivity index (χ4n) is 4.23. The van der Waals surface area contributed by atoms with E-state index in [2.05, 4.69) is 39.5 Å². The molecule has 1 aromatic carbocycles. The van der Waals surface area contributed by atoms with Crippen LogP contribution in [0.5, 0.6) is 0 Å². The Bertz CT molecular complexity index is 1010. The highest BCUT2D eigenvalue weighted by Crippen LogP contribution is 2.19. The monoisotopic (exact) mass is 594 g/mol. The van der Waals surface area contributed by atoms with E-state index >= 15 is 0 Å². The molecule has 9 nitrogen and oxygen atoms in total. The largest absolute Gasteiger partial charge is 0.393 e. The Hall–Kier alpha value is -2.24. The number of carbonyl (C=O) groups is 4. The molecule has 0 saturated heterocycles. The number of aliphatic hydroxyl groups is 1. The van der Waals surface area contributed by atoms with Crippen LogP contribution in [0.15, 0.2) is 24.3 Å². The maximum Gasteiger partial charge on any atom is 0.248 e. The third kappa shape index (κ3) is 11.0. The number of aliphatic hydroxyl groups excluding tert-OH is 1. The average Bonchev–Trinajstić information content (AvgIpc) is 2.92. The topological polar surface area (TPSA) is 137 Å². The lowest BCUT2D eigenvalue weighted by atomic mass is 9.96. The lowest BCUT2D eigenvalue weighted by Crippen LogP contribution is -2.63. The van der Waals surface area contributed by atoms with E-state index in [9.17, 15) is 24.3 Å². The van der Waals surface area contributed by atoms with Crippen molar-refractivity contribution < 1.29 is 24.3 Å². The normalized spacial score (nSPS) is 25.5. The molecule has 0 aliphatic carbocycles. The first kappa shape index (κ1) is 34.0. The van der Waals surface area contributed by atoms with Crippen LogP contribution in [0, 0.1) is 11.8 Å². The summed E-state index contributed by atoms with van der Waals surface area (Å²) in [5, 5.41) is 21.3.